The van der Waals surface area contributed by atoms with Gasteiger partial charge in [0.25, 0.3) is 0 Å². The molecule has 22 heavy (non-hydrogen) atoms. The zero-order valence-corrected chi connectivity index (χ0v) is 14.1. The maximum Gasteiger partial charge on any atom is 0.409 e. The normalized spacial score (nSPS) is 31.9. The minimum Gasteiger partial charge on any atom is -0.444 e. The summed E-state index contributed by atoms with van der Waals surface area (Å²) < 4.78 is 10.8. The van der Waals surface area contributed by atoms with E-state index in [0.29, 0.717) is 6.42 Å². The number of carbonyl (C=O) groups is 2. The minimum absolute atomic E-state index is 0.00727. The molecule has 124 valence electrons. The monoisotopic (exact) mass is 329 g/mol. The van der Waals surface area contributed by atoms with Gasteiger partial charge in [-0.3, -0.25) is 10.2 Å². The molecule has 0 spiro atoms. The lowest BCUT2D eigenvalue weighted by atomic mass is 10.2. The third kappa shape index (κ3) is 4.30. The fourth-order valence-corrected chi connectivity index (χ4v) is 2.47. The van der Waals surface area contributed by atoms with Gasteiger partial charge in [0.05, 0.1) is 6.10 Å². The van der Waals surface area contributed by atoms with E-state index in [2.05, 4.69) is 23.3 Å². The van der Waals surface area contributed by atoms with Crippen LogP contribution in [0.2, 0.25) is 0 Å². The van der Waals surface area contributed by atoms with Gasteiger partial charge in [-0.1, -0.05) is 0 Å². The summed E-state index contributed by atoms with van der Waals surface area (Å²) in [6.07, 6.45) is 2.41. The molecule has 0 saturated carbocycles. The van der Waals surface area contributed by atoms with Crippen molar-refractivity contribution in [2.45, 2.75) is 63.5 Å². The second kappa shape index (κ2) is 6.37. The highest BCUT2D eigenvalue weighted by Gasteiger charge is 2.37. The maximum absolute atomic E-state index is 12.1. The van der Waals surface area contributed by atoms with E-state index in [1.807, 2.05) is 6.92 Å². The Morgan fingerprint density at radius 1 is 1.55 bits per heavy atom. The van der Waals surface area contributed by atoms with E-state index < -0.39 is 17.9 Å². The lowest BCUT2D eigenvalue weighted by Gasteiger charge is -2.31. The standard InChI is InChI=1S/C14H23N3O4S/c1-8-9(22)7-11(20-8)17-6-5-10(15-12(17)18)16-13(19)21-14(2,3)4/h5-6,8-11,22H,7H2,1-4H3,(H,15,18)(H,16,19). The first-order chi connectivity index (χ1) is 10.2. The summed E-state index contributed by atoms with van der Waals surface area (Å²) in [6.45, 7) is 7.25. The molecular weight excluding hydrogens is 306 g/mol. The van der Waals surface area contributed by atoms with Gasteiger partial charge in [0.15, 0.2) is 0 Å². The van der Waals surface area contributed by atoms with Gasteiger partial charge < -0.3 is 14.8 Å². The number of nitrogens with zero attached hydrogens (tertiary/aromatic N) is 1. The maximum atomic E-state index is 12.1. The topological polar surface area (TPSA) is 79.9 Å². The molecular formula is C14H23N3O4S. The lowest BCUT2D eigenvalue weighted by Crippen LogP contribution is -2.55. The van der Waals surface area contributed by atoms with Crippen LogP contribution in [0, 0.1) is 0 Å². The molecule has 3 amide bonds. The number of hydrogen-bond acceptors (Lipinski definition) is 5. The molecule has 2 N–H and O–H groups in total. The van der Waals surface area contributed by atoms with Crippen LogP contribution in [0.5, 0.6) is 0 Å². The molecule has 8 heteroatoms. The van der Waals surface area contributed by atoms with Gasteiger partial charge in [0.1, 0.15) is 18.0 Å². The van der Waals surface area contributed by atoms with Crippen LogP contribution in [0.1, 0.15) is 34.1 Å². The van der Waals surface area contributed by atoms with Gasteiger partial charge in [-0.25, -0.2) is 9.59 Å². The molecule has 2 aliphatic heterocycles. The third-order valence-electron chi connectivity index (χ3n) is 3.29. The molecule has 7 nitrogen and oxygen atoms in total. The van der Waals surface area contributed by atoms with Gasteiger partial charge in [-0.15, -0.1) is 0 Å². The number of carbonyl (C=O) groups excluding carboxylic acids is 2. The number of alkyl carbamates (subject to hydrolysis) is 1. The number of ether oxygens (including phenoxy) is 2. The number of thiol groups is 1. The van der Waals surface area contributed by atoms with Crippen molar-refractivity contribution < 1.29 is 19.1 Å². The van der Waals surface area contributed by atoms with Crippen LogP contribution in [-0.2, 0) is 9.47 Å². The van der Waals surface area contributed by atoms with Crippen molar-refractivity contribution >= 4 is 24.8 Å². The summed E-state index contributed by atoms with van der Waals surface area (Å²) in [7, 11) is 0. The number of rotatable bonds is 2. The van der Waals surface area contributed by atoms with Crippen LogP contribution in [0.25, 0.3) is 0 Å². The smallest absolute Gasteiger partial charge is 0.409 e. The number of urea groups is 1. The SMILES string of the molecule is CC1OC(N2C=CC(NC(=O)OC(C)(C)C)NC2=O)CC1S. The average Bonchev–Trinajstić information content (AvgIpc) is 2.66. The molecule has 2 rings (SSSR count). The van der Waals surface area contributed by atoms with Gasteiger partial charge in [0, 0.05) is 17.9 Å². The highest BCUT2D eigenvalue weighted by atomic mass is 32.1. The van der Waals surface area contributed by atoms with Gasteiger partial charge in [-0.2, -0.15) is 12.6 Å². The Morgan fingerprint density at radius 3 is 2.73 bits per heavy atom. The summed E-state index contributed by atoms with van der Waals surface area (Å²) in [5.74, 6) is 0. The molecule has 0 aromatic rings. The zero-order chi connectivity index (χ0) is 16.5. The molecule has 1 fully saturated rings. The Labute approximate surface area is 135 Å². The molecule has 2 heterocycles. The van der Waals surface area contributed by atoms with E-state index in [4.69, 9.17) is 9.47 Å². The van der Waals surface area contributed by atoms with E-state index in [9.17, 15) is 9.59 Å². The molecule has 0 radical (unpaired) electrons. The van der Waals surface area contributed by atoms with Crippen molar-refractivity contribution in [3.8, 4) is 0 Å². The van der Waals surface area contributed by atoms with Crippen LogP contribution in [0.15, 0.2) is 12.3 Å². The zero-order valence-electron chi connectivity index (χ0n) is 13.2. The van der Waals surface area contributed by atoms with E-state index in [1.54, 1.807) is 33.0 Å². The lowest BCUT2D eigenvalue weighted by molar-refractivity contribution is -0.0107. The first-order valence-corrected chi connectivity index (χ1v) is 7.77. The van der Waals surface area contributed by atoms with Crippen LogP contribution in [-0.4, -0.2) is 46.4 Å². The van der Waals surface area contributed by atoms with Crippen molar-refractivity contribution in [1.82, 2.24) is 15.5 Å². The Balaban J connectivity index is 1.91. The number of amides is 3. The first-order valence-electron chi connectivity index (χ1n) is 7.26. The summed E-state index contributed by atoms with van der Waals surface area (Å²) in [4.78, 5) is 25.3. The molecule has 1 saturated heterocycles. The molecule has 4 atom stereocenters. The van der Waals surface area contributed by atoms with Crippen molar-refractivity contribution in [2.24, 2.45) is 0 Å². The highest BCUT2D eigenvalue weighted by molar-refractivity contribution is 7.81. The van der Waals surface area contributed by atoms with E-state index >= 15 is 0 Å². The fourth-order valence-electron chi connectivity index (χ4n) is 2.22. The van der Waals surface area contributed by atoms with E-state index in [-0.39, 0.29) is 23.6 Å². The fraction of sp³-hybridized carbons (Fsp3) is 0.714. The van der Waals surface area contributed by atoms with Crippen LogP contribution >= 0.6 is 12.6 Å². The summed E-state index contributed by atoms with van der Waals surface area (Å²) in [6, 6.07) is -0.330. The van der Waals surface area contributed by atoms with Crippen molar-refractivity contribution in [3.63, 3.8) is 0 Å². The molecule has 0 aromatic carbocycles. The summed E-state index contributed by atoms with van der Waals surface area (Å²) >= 11 is 4.42. The number of hydrogen-bond donors (Lipinski definition) is 3. The second-order valence-electron chi connectivity index (χ2n) is 6.42. The average molecular weight is 329 g/mol. The predicted molar refractivity (Wildman–Crippen MR) is 84.4 cm³/mol. The Morgan fingerprint density at radius 2 is 2.23 bits per heavy atom. The van der Waals surface area contributed by atoms with Gasteiger partial charge in [-0.05, 0) is 33.8 Å². The molecule has 0 aliphatic carbocycles. The first kappa shape index (κ1) is 17.0. The summed E-state index contributed by atoms with van der Waals surface area (Å²) in [5, 5.41) is 5.35. The Hall–Kier alpha value is -1.41. The van der Waals surface area contributed by atoms with Crippen molar-refractivity contribution in [2.75, 3.05) is 0 Å². The summed E-state index contributed by atoms with van der Waals surface area (Å²) in [5.41, 5.74) is -0.589. The van der Waals surface area contributed by atoms with Crippen molar-refractivity contribution in [3.05, 3.63) is 12.3 Å². The second-order valence-corrected chi connectivity index (χ2v) is 7.08. The molecule has 4 unspecified atom stereocenters. The Bertz CT molecular complexity index is 467. The predicted octanol–water partition coefficient (Wildman–Crippen LogP) is 1.81. The van der Waals surface area contributed by atoms with Gasteiger partial charge >= 0.3 is 12.1 Å². The quantitative estimate of drug-likeness (QED) is 0.675. The molecule has 0 aromatic heterocycles. The van der Waals surface area contributed by atoms with Crippen molar-refractivity contribution in [1.29, 1.82) is 0 Å². The minimum atomic E-state index is -0.607. The van der Waals surface area contributed by atoms with Crippen LogP contribution < -0.4 is 10.6 Å². The Kier molecular flexibility index (Phi) is 4.91. The molecule has 2 aliphatic rings. The largest absolute Gasteiger partial charge is 0.444 e. The van der Waals surface area contributed by atoms with E-state index in [0.717, 1.165) is 0 Å². The highest BCUT2D eigenvalue weighted by Crippen LogP contribution is 2.27. The van der Waals surface area contributed by atoms with E-state index in [1.165, 1.54) is 4.90 Å². The number of nitrogens with one attached hydrogen (secondary N) is 2. The van der Waals surface area contributed by atoms with Crippen LogP contribution in [0.4, 0.5) is 9.59 Å². The van der Waals surface area contributed by atoms with Crippen LogP contribution in [0.3, 0.4) is 0 Å². The molecule has 0 bridgehead atoms. The van der Waals surface area contributed by atoms with Gasteiger partial charge in [0.2, 0.25) is 0 Å². The third-order valence-corrected chi connectivity index (χ3v) is 3.92.